The van der Waals surface area contributed by atoms with Crippen LogP contribution in [0, 0.1) is 0 Å². The van der Waals surface area contributed by atoms with Crippen LogP contribution in [0.4, 0.5) is 5.69 Å². The quantitative estimate of drug-likeness (QED) is 0.340. The van der Waals surface area contributed by atoms with Gasteiger partial charge in [-0.25, -0.2) is 4.79 Å². The summed E-state index contributed by atoms with van der Waals surface area (Å²) in [6.07, 6.45) is 6.55. The number of aromatic carboxylic acids is 1. The van der Waals surface area contributed by atoms with Crippen molar-refractivity contribution in [3.63, 3.8) is 0 Å². The van der Waals surface area contributed by atoms with Gasteiger partial charge in [0.1, 0.15) is 6.33 Å². The van der Waals surface area contributed by atoms with Crippen LogP contribution in [0.5, 0.6) is 0 Å². The number of nitrogens with one attached hydrogen (secondary N) is 2. The van der Waals surface area contributed by atoms with Crippen molar-refractivity contribution in [1.82, 2.24) is 25.5 Å². The number of rotatable bonds is 11. The number of amides is 1. The summed E-state index contributed by atoms with van der Waals surface area (Å²) in [4.78, 5) is 23.6. The maximum absolute atomic E-state index is 12.6. The molecule has 0 spiro atoms. The lowest BCUT2D eigenvalue weighted by molar-refractivity contribution is -0.117. The fourth-order valence-electron chi connectivity index (χ4n) is 3.06. The lowest BCUT2D eigenvalue weighted by atomic mass is 10.1. The first-order chi connectivity index (χ1) is 16.3. The Labute approximate surface area is 203 Å². The van der Waals surface area contributed by atoms with E-state index in [-0.39, 0.29) is 17.5 Å². The van der Waals surface area contributed by atoms with E-state index in [1.165, 1.54) is 29.2 Å². The number of carbonyl (C=O) groups is 2. The monoisotopic (exact) mass is 502 g/mol. The van der Waals surface area contributed by atoms with Gasteiger partial charge in [-0.15, -0.1) is 5.10 Å². The molecule has 12 heteroatoms. The fourth-order valence-corrected chi connectivity index (χ4v) is 3.86. The number of nitrogens with zero attached hydrogens (tertiary/aromatic N) is 4. The van der Waals surface area contributed by atoms with E-state index in [4.69, 9.17) is 16.7 Å². The van der Waals surface area contributed by atoms with Gasteiger partial charge < -0.3 is 15.7 Å². The molecule has 2 aromatic carbocycles. The molecule has 0 radical (unpaired) electrons. The van der Waals surface area contributed by atoms with E-state index in [1.54, 1.807) is 42.7 Å². The molecule has 0 aliphatic heterocycles. The number of tetrazole rings is 1. The summed E-state index contributed by atoms with van der Waals surface area (Å²) in [5, 5.41) is 26.7. The van der Waals surface area contributed by atoms with Gasteiger partial charge in [0.2, 0.25) is 5.91 Å². The zero-order chi connectivity index (χ0) is 24.5. The number of aromatic nitrogens is 4. The Morgan fingerprint density at radius 3 is 2.65 bits per heavy atom. The molecule has 10 nitrogen and oxygen atoms in total. The number of benzene rings is 2. The first-order valence-corrected chi connectivity index (χ1v) is 12.3. The number of hydrogen-bond donors (Lipinski definition) is 3. The molecule has 0 saturated carbocycles. The molecule has 0 aliphatic carbocycles. The number of carbonyl (C=O) groups excluding carboxylic acids is 1. The van der Waals surface area contributed by atoms with E-state index in [0.29, 0.717) is 40.7 Å². The Balaban J connectivity index is 1.67. The largest absolute Gasteiger partial charge is 0.478 e. The van der Waals surface area contributed by atoms with Crippen molar-refractivity contribution >= 4 is 46.0 Å². The first kappa shape index (κ1) is 25.1. The molecule has 0 saturated heterocycles. The number of halogens is 1. The highest BCUT2D eigenvalue weighted by molar-refractivity contribution is 7.84. The summed E-state index contributed by atoms with van der Waals surface area (Å²) in [6, 6.07) is 11.1. The zero-order valence-electron chi connectivity index (χ0n) is 18.2. The standard InChI is InChI=1S/C22H23ClN6O4S/c1-34(33)11-10-19(13-24-18-6-2-15(3-7-18)22(31)32)26-21(30)9-4-16-12-17(23)5-8-20(16)29-14-25-27-28-29/h2-9,12,14,19,24H,10-11,13H2,1H3,(H,26,30)(H,31,32)/b9-4+/t19-,34?/m1/s1. The number of carboxylic acid groups (broad SMARTS) is 1. The van der Waals surface area contributed by atoms with Gasteiger partial charge >= 0.3 is 5.97 Å². The molecule has 0 fully saturated rings. The molecule has 3 rings (SSSR count). The van der Waals surface area contributed by atoms with Gasteiger partial charge in [0.15, 0.2) is 0 Å². The lowest BCUT2D eigenvalue weighted by Gasteiger charge is -2.19. The minimum absolute atomic E-state index is 0.184. The zero-order valence-corrected chi connectivity index (χ0v) is 19.8. The summed E-state index contributed by atoms with van der Waals surface area (Å²) >= 11 is 6.11. The topological polar surface area (TPSA) is 139 Å². The molecule has 2 atom stereocenters. The van der Waals surface area contributed by atoms with Crippen LogP contribution in [-0.2, 0) is 15.6 Å². The van der Waals surface area contributed by atoms with Gasteiger partial charge in [-0.05, 0) is 65.4 Å². The van der Waals surface area contributed by atoms with E-state index < -0.39 is 16.8 Å². The van der Waals surface area contributed by atoms with E-state index >= 15 is 0 Å². The molecule has 1 amide bonds. The second kappa shape index (κ2) is 12.1. The maximum atomic E-state index is 12.6. The fraction of sp³-hybridized carbons (Fsp3) is 0.227. The second-order valence-electron chi connectivity index (χ2n) is 7.33. The van der Waals surface area contributed by atoms with Crippen LogP contribution in [0.15, 0.2) is 54.9 Å². The predicted octanol–water partition coefficient (Wildman–Crippen LogP) is 2.39. The third-order valence-corrected chi connectivity index (χ3v) is 5.83. The molecule has 178 valence electrons. The molecule has 34 heavy (non-hydrogen) atoms. The van der Waals surface area contributed by atoms with Crippen molar-refractivity contribution < 1.29 is 18.9 Å². The van der Waals surface area contributed by atoms with Gasteiger partial charge in [0.25, 0.3) is 0 Å². The van der Waals surface area contributed by atoms with Crippen molar-refractivity contribution in [1.29, 1.82) is 0 Å². The average molecular weight is 503 g/mol. The van der Waals surface area contributed by atoms with Crippen LogP contribution in [0.1, 0.15) is 22.3 Å². The van der Waals surface area contributed by atoms with Gasteiger partial charge in [-0.1, -0.05) is 11.6 Å². The smallest absolute Gasteiger partial charge is 0.335 e. The van der Waals surface area contributed by atoms with Crippen LogP contribution >= 0.6 is 11.6 Å². The molecule has 1 unspecified atom stereocenters. The molecule has 3 N–H and O–H groups in total. The Bertz CT molecular complexity index is 1180. The van der Waals surface area contributed by atoms with Gasteiger partial charge in [0.05, 0.1) is 11.3 Å². The predicted molar refractivity (Wildman–Crippen MR) is 131 cm³/mol. The van der Waals surface area contributed by atoms with Crippen LogP contribution in [0.25, 0.3) is 11.8 Å². The minimum atomic E-state index is -1.01. The normalized spacial score (nSPS) is 12.9. The number of anilines is 1. The summed E-state index contributed by atoms with van der Waals surface area (Å²) in [6.45, 7) is 0.371. The lowest BCUT2D eigenvalue weighted by Crippen LogP contribution is -2.39. The Kier molecular flexibility index (Phi) is 8.88. The van der Waals surface area contributed by atoms with Crippen molar-refractivity contribution in [2.24, 2.45) is 0 Å². The van der Waals surface area contributed by atoms with Gasteiger partial charge in [0, 0.05) is 57.7 Å². The Morgan fingerprint density at radius 1 is 1.24 bits per heavy atom. The van der Waals surface area contributed by atoms with E-state index in [0.717, 1.165) is 0 Å². The molecule has 3 aromatic rings. The molecule has 1 heterocycles. The van der Waals surface area contributed by atoms with Crippen LogP contribution in [-0.4, -0.2) is 66.0 Å². The Hall–Kier alpha value is -3.57. The summed E-state index contributed by atoms with van der Waals surface area (Å²) in [5.74, 6) is -0.916. The highest BCUT2D eigenvalue weighted by Crippen LogP contribution is 2.20. The van der Waals surface area contributed by atoms with Crippen molar-refractivity contribution in [3.8, 4) is 5.69 Å². The van der Waals surface area contributed by atoms with Crippen molar-refractivity contribution in [2.75, 3.05) is 23.9 Å². The second-order valence-corrected chi connectivity index (χ2v) is 9.32. The third-order valence-electron chi connectivity index (χ3n) is 4.78. The minimum Gasteiger partial charge on any atom is -0.478 e. The van der Waals surface area contributed by atoms with Crippen molar-refractivity contribution in [3.05, 3.63) is 71.0 Å². The maximum Gasteiger partial charge on any atom is 0.335 e. The van der Waals surface area contributed by atoms with Crippen LogP contribution in [0.2, 0.25) is 5.02 Å². The van der Waals surface area contributed by atoms with Gasteiger partial charge in [-0.3, -0.25) is 9.00 Å². The van der Waals surface area contributed by atoms with E-state index in [1.807, 2.05) is 0 Å². The van der Waals surface area contributed by atoms with Crippen LogP contribution < -0.4 is 10.6 Å². The van der Waals surface area contributed by atoms with Gasteiger partial charge in [-0.2, -0.15) is 4.68 Å². The molecule has 0 bridgehead atoms. The Morgan fingerprint density at radius 2 is 2.00 bits per heavy atom. The third kappa shape index (κ3) is 7.49. The summed E-state index contributed by atoms with van der Waals surface area (Å²) < 4.78 is 13.0. The molecule has 0 aliphatic rings. The van der Waals surface area contributed by atoms with Crippen LogP contribution in [0.3, 0.4) is 0 Å². The average Bonchev–Trinajstić information content (AvgIpc) is 3.34. The van der Waals surface area contributed by atoms with E-state index in [9.17, 15) is 13.8 Å². The molecular weight excluding hydrogens is 480 g/mol. The summed E-state index contributed by atoms with van der Waals surface area (Å²) in [5.41, 5.74) is 2.20. The number of carboxylic acids is 1. The van der Waals surface area contributed by atoms with E-state index in [2.05, 4.69) is 26.2 Å². The molecular formula is C22H23ClN6O4S. The molecule has 1 aromatic heterocycles. The highest BCUT2D eigenvalue weighted by atomic mass is 35.5. The highest BCUT2D eigenvalue weighted by Gasteiger charge is 2.13. The van der Waals surface area contributed by atoms with Crippen molar-refractivity contribution in [2.45, 2.75) is 12.5 Å². The first-order valence-electron chi connectivity index (χ1n) is 10.2. The summed E-state index contributed by atoms with van der Waals surface area (Å²) in [7, 11) is -1.01. The SMILES string of the molecule is CS(=O)CC[C@H](CNc1ccc(C(=O)O)cc1)NC(=O)/C=C/c1cc(Cl)ccc1-n1cnnn1. The number of hydrogen-bond acceptors (Lipinski definition) is 7.